The molecule has 3 aromatic rings. The smallest absolute Gasteiger partial charge is 0.425 e. The van der Waals surface area contributed by atoms with Gasteiger partial charge in [-0.25, -0.2) is 0 Å². The van der Waals surface area contributed by atoms with Crippen molar-refractivity contribution in [1.29, 1.82) is 5.26 Å². The molecule has 2 saturated heterocycles. The van der Waals surface area contributed by atoms with Crippen LogP contribution in [0.3, 0.4) is 0 Å². The molecule has 16 heteroatoms. The third kappa shape index (κ3) is 8.10. The summed E-state index contributed by atoms with van der Waals surface area (Å²) in [5, 5.41) is 11.8. The quantitative estimate of drug-likeness (QED) is 0.189. The number of carbonyl (C=O) groups excluding carboxylic acids is 3. The average Bonchev–Trinajstić information content (AvgIpc) is 3.85. The Balaban J connectivity index is 1.33. The number of para-hydroxylation sites is 1. The summed E-state index contributed by atoms with van der Waals surface area (Å²) in [6.45, 7) is 3.34. The van der Waals surface area contributed by atoms with Gasteiger partial charge in [0.25, 0.3) is 11.8 Å². The Bertz CT molecular complexity index is 1970. The first-order valence-electron chi connectivity index (χ1n) is 18.7. The zero-order valence-electron chi connectivity index (χ0n) is 30.9. The van der Waals surface area contributed by atoms with Crippen LogP contribution in [-0.2, 0) is 27.4 Å². The number of thiophene rings is 1. The number of rotatable bonds is 10. The molecule has 3 aliphatic rings. The van der Waals surface area contributed by atoms with Crippen molar-refractivity contribution in [3.63, 3.8) is 0 Å². The van der Waals surface area contributed by atoms with E-state index in [1.54, 1.807) is 32.0 Å². The number of aromatic nitrogens is 1. The lowest BCUT2D eigenvalue weighted by molar-refractivity contribution is -0.160. The third-order valence-corrected chi connectivity index (χ3v) is 12.2. The van der Waals surface area contributed by atoms with E-state index in [1.165, 1.54) is 4.90 Å². The number of ether oxygens (including phenoxy) is 2. The predicted molar refractivity (Wildman–Crippen MR) is 193 cm³/mol. The highest BCUT2D eigenvalue weighted by Gasteiger charge is 2.57. The van der Waals surface area contributed by atoms with Gasteiger partial charge in [0, 0.05) is 55.2 Å². The highest BCUT2D eigenvalue weighted by atomic mass is 32.1. The number of nitriles is 1. The topological polar surface area (TPSA) is 113 Å². The Hall–Kier alpha value is -4.65. The van der Waals surface area contributed by atoms with Crippen LogP contribution in [0.2, 0.25) is 0 Å². The van der Waals surface area contributed by atoms with Crippen LogP contribution in [0.5, 0.6) is 11.5 Å². The molecule has 56 heavy (non-hydrogen) atoms. The molecule has 1 aliphatic carbocycles. The van der Waals surface area contributed by atoms with Gasteiger partial charge in [-0.05, 0) is 70.1 Å². The molecule has 0 N–H and O–H groups in total. The summed E-state index contributed by atoms with van der Waals surface area (Å²) in [5.41, 5.74) is -4.54. The second-order valence-corrected chi connectivity index (χ2v) is 15.7. The number of ketones is 1. The van der Waals surface area contributed by atoms with Gasteiger partial charge in [0.1, 0.15) is 27.9 Å². The lowest BCUT2D eigenvalue weighted by atomic mass is 9.72. The second kappa shape index (κ2) is 16.1. The number of hydrogen-bond donors (Lipinski definition) is 0. The van der Waals surface area contributed by atoms with Crippen molar-refractivity contribution in [2.75, 3.05) is 19.6 Å². The van der Waals surface area contributed by atoms with Gasteiger partial charge in [0.15, 0.2) is 0 Å². The fraction of sp³-hybridized carbons (Fsp3) is 0.525. The maximum absolute atomic E-state index is 15.0. The van der Waals surface area contributed by atoms with Crippen molar-refractivity contribution >= 4 is 28.9 Å². The Morgan fingerprint density at radius 1 is 1.00 bits per heavy atom. The minimum atomic E-state index is -4.91. The Labute approximate surface area is 324 Å². The number of nitrogens with zero attached hydrogens (tertiary/aromatic N) is 4. The summed E-state index contributed by atoms with van der Waals surface area (Å²) in [5.74, 6) is -1.44. The zero-order valence-corrected chi connectivity index (χ0v) is 31.7. The summed E-state index contributed by atoms with van der Waals surface area (Å²) < 4.78 is 96.2. The molecule has 4 atom stereocenters. The first-order chi connectivity index (χ1) is 26.5. The van der Waals surface area contributed by atoms with Gasteiger partial charge in [-0.3, -0.25) is 19.4 Å². The largest absolute Gasteiger partial charge is 0.490 e. The van der Waals surface area contributed by atoms with E-state index < -0.39 is 57.4 Å². The Morgan fingerprint density at radius 2 is 1.73 bits per heavy atom. The van der Waals surface area contributed by atoms with Crippen molar-refractivity contribution in [3.8, 4) is 17.6 Å². The highest BCUT2D eigenvalue weighted by Crippen LogP contribution is 2.45. The number of alkyl halides is 6. The van der Waals surface area contributed by atoms with Gasteiger partial charge in [0.05, 0.1) is 29.2 Å². The van der Waals surface area contributed by atoms with Crippen molar-refractivity contribution in [1.82, 2.24) is 14.8 Å². The second-order valence-electron chi connectivity index (χ2n) is 14.8. The molecule has 0 unspecified atom stereocenters. The van der Waals surface area contributed by atoms with E-state index in [0.717, 1.165) is 34.7 Å². The molecular formula is C40H42F6N4O5S. The van der Waals surface area contributed by atoms with Crippen molar-refractivity contribution < 1.29 is 50.2 Å². The molecule has 0 bridgehead atoms. The van der Waals surface area contributed by atoms with E-state index in [1.807, 2.05) is 6.07 Å². The number of halogens is 6. The van der Waals surface area contributed by atoms with Crippen LogP contribution >= 0.6 is 11.3 Å². The summed E-state index contributed by atoms with van der Waals surface area (Å²) in [7, 11) is 0. The van der Waals surface area contributed by atoms with E-state index in [2.05, 4.69) is 11.1 Å². The van der Waals surface area contributed by atoms with E-state index >= 15 is 4.79 Å². The van der Waals surface area contributed by atoms with Crippen molar-refractivity contribution in [2.45, 2.75) is 107 Å². The van der Waals surface area contributed by atoms with E-state index in [4.69, 9.17) is 9.47 Å². The molecule has 2 amide bonds. The standard InChI is InChI=1S/C40H42F6N4O5S/c1-3-8-32-38(55-28-22-33(56-23-28)40(44,45)46,14-7-18-50(32)35(52)34-30(39(41,42)43)10-6-17-48-34)36(53)49-19-15-37(24-47,16-20-49)29-9-4-5-11-31(29)54-27-13-12-26(21-27)25(2)51/h4-6,9-11,17,22-23,26-27,32H,3,7-8,12-16,18-21H2,1-2H3/t26-,27+,32+,38-/m0/s1. The molecule has 3 fully saturated rings. The molecule has 2 aromatic heterocycles. The minimum absolute atomic E-state index is 0.0321. The molecule has 4 heterocycles. The lowest BCUT2D eigenvalue weighted by Gasteiger charge is -2.51. The number of carbonyl (C=O) groups is 3. The van der Waals surface area contributed by atoms with Crippen LogP contribution in [0.1, 0.15) is 98.1 Å². The number of hydrogen-bond acceptors (Lipinski definition) is 8. The number of pyridine rings is 1. The van der Waals surface area contributed by atoms with Gasteiger partial charge in [-0.1, -0.05) is 31.5 Å². The summed E-state index contributed by atoms with van der Waals surface area (Å²) in [4.78, 5) is 46.6. The molecule has 9 nitrogen and oxygen atoms in total. The number of Topliss-reactive ketones (excluding diaryl/α,β-unsaturated/α-hetero) is 1. The minimum Gasteiger partial charge on any atom is -0.490 e. The van der Waals surface area contributed by atoms with E-state index in [0.29, 0.717) is 48.3 Å². The molecule has 6 rings (SSSR count). The molecule has 0 radical (unpaired) electrons. The molecule has 1 saturated carbocycles. The number of amides is 2. The van der Waals surface area contributed by atoms with Gasteiger partial charge in [-0.2, -0.15) is 31.6 Å². The van der Waals surface area contributed by atoms with Gasteiger partial charge in [-0.15, -0.1) is 11.3 Å². The number of likely N-dealkylation sites (tertiary alicyclic amines) is 2. The fourth-order valence-electron chi connectivity index (χ4n) is 8.44. The molecular weight excluding hydrogens is 763 g/mol. The molecule has 2 aliphatic heterocycles. The van der Waals surface area contributed by atoms with E-state index in [-0.39, 0.29) is 75.3 Å². The monoisotopic (exact) mass is 804 g/mol. The average molecular weight is 805 g/mol. The Morgan fingerprint density at radius 3 is 2.36 bits per heavy atom. The maximum Gasteiger partial charge on any atom is 0.425 e. The van der Waals surface area contributed by atoms with Gasteiger partial charge >= 0.3 is 12.4 Å². The summed E-state index contributed by atoms with van der Waals surface area (Å²) >= 11 is 0.373. The first-order valence-corrected chi connectivity index (χ1v) is 19.6. The van der Waals surface area contributed by atoms with Crippen LogP contribution in [0.25, 0.3) is 0 Å². The predicted octanol–water partition coefficient (Wildman–Crippen LogP) is 8.62. The van der Waals surface area contributed by atoms with Crippen LogP contribution in [0, 0.1) is 17.2 Å². The van der Waals surface area contributed by atoms with Crippen molar-refractivity contribution in [2.24, 2.45) is 5.92 Å². The SMILES string of the molecule is CCC[C@H]1N(C(=O)c2ncccc2C(F)(F)F)CCC[C@@]1(Oc1csc(C(F)(F)F)c1)C(=O)N1CCC(C#N)(c2ccccc2O[C@@H]2CC[C@H](C(C)=O)C2)CC1. The molecule has 300 valence electrons. The molecule has 0 spiro atoms. The third-order valence-electron chi connectivity index (χ3n) is 11.3. The van der Waals surface area contributed by atoms with E-state index in [9.17, 15) is 41.2 Å². The summed E-state index contributed by atoms with van der Waals surface area (Å²) in [6, 6.07) is 11.0. The fourth-order valence-corrected chi connectivity index (χ4v) is 9.11. The zero-order chi connectivity index (χ0) is 40.5. The van der Waals surface area contributed by atoms with Crippen LogP contribution in [-0.4, -0.2) is 69.8 Å². The van der Waals surface area contributed by atoms with Crippen LogP contribution in [0.15, 0.2) is 54.0 Å². The van der Waals surface area contributed by atoms with Crippen LogP contribution in [0.4, 0.5) is 26.3 Å². The summed E-state index contributed by atoms with van der Waals surface area (Å²) in [6.07, 6.45) is -5.99. The number of benzene rings is 1. The Kier molecular flexibility index (Phi) is 11.8. The van der Waals surface area contributed by atoms with Crippen molar-refractivity contribution in [3.05, 3.63) is 75.7 Å². The normalized spacial score (nSPS) is 24.0. The maximum atomic E-state index is 15.0. The van der Waals surface area contributed by atoms with Gasteiger partial charge in [0.2, 0.25) is 5.60 Å². The number of piperidine rings is 2. The lowest BCUT2D eigenvalue weighted by Crippen LogP contribution is -2.68. The first kappa shape index (κ1) is 41.0. The van der Waals surface area contributed by atoms with Crippen LogP contribution < -0.4 is 9.47 Å². The highest BCUT2D eigenvalue weighted by molar-refractivity contribution is 7.10. The van der Waals surface area contributed by atoms with Gasteiger partial charge < -0.3 is 19.3 Å². The molecule has 1 aromatic carbocycles.